The van der Waals surface area contributed by atoms with Gasteiger partial charge >= 0.3 is 5.97 Å². The lowest BCUT2D eigenvalue weighted by molar-refractivity contribution is -0.140. The number of ether oxygens (including phenoxy) is 1. The Kier molecular flexibility index (Phi) is 15.7. The van der Waals surface area contributed by atoms with Crippen molar-refractivity contribution in [1.29, 1.82) is 0 Å². The van der Waals surface area contributed by atoms with Crippen LogP contribution in [0.3, 0.4) is 0 Å². The van der Waals surface area contributed by atoms with Crippen LogP contribution in [-0.4, -0.2) is 13.1 Å². The summed E-state index contributed by atoms with van der Waals surface area (Å²) in [6.07, 6.45) is 24.1. The van der Waals surface area contributed by atoms with E-state index in [1.165, 1.54) is 32.8 Å². The Morgan fingerprint density at radius 3 is 2.05 bits per heavy atom. The summed E-state index contributed by atoms with van der Waals surface area (Å²) in [5.74, 6) is -0.117. The van der Waals surface area contributed by atoms with Gasteiger partial charge in [0.1, 0.15) is 0 Å². The van der Waals surface area contributed by atoms with Crippen LogP contribution in [0.1, 0.15) is 71.1 Å². The molecule has 2 nitrogen and oxygen atoms in total. The quantitative estimate of drug-likeness (QED) is 0.245. The zero-order chi connectivity index (χ0) is 15.6. The summed E-state index contributed by atoms with van der Waals surface area (Å²) in [6.45, 7) is 2.24. The van der Waals surface area contributed by atoms with Gasteiger partial charge in [-0.15, -0.1) is 0 Å². The number of esters is 1. The normalized spacial score (nSPS) is 11.9. The van der Waals surface area contributed by atoms with E-state index in [4.69, 9.17) is 0 Å². The van der Waals surface area contributed by atoms with Crippen molar-refractivity contribution in [3.8, 4) is 0 Å². The Bertz CT molecular complexity index is 314. The molecule has 0 aromatic rings. The average Bonchev–Trinajstić information content (AvgIpc) is 2.50. The van der Waals surface area contributed by atoms with Crippen molar-refractivity contribution in [2.75, 3.05) is 7.11 Å². The van der Waals surface area contributed by atoms with Gasteiger partial charge in [0.15, 0.2) is 0 Å². The van der Waals surface area contributed by atoms with Crippen LogP contribution in [-0.2, 0) is 9.53 Å². The fourth-order valence-corrected chi connectivity index (χ4v) is 1.91. The van der Waals surface area contributed by atoms with Crippen molar-refractivity contribution >= 4 is 5.97 Å². The fourth-order valence-electron chi connectivity index (χ4n) is 1.91. The Morgan fingerprint density at radius 2 is 1.38 bits per heavy atom. The highest BCUT2D eigenvalue weighted by atomic mass is 16.5. The van der Waals surface area contributed by atoms with Crippen LogP contribution in [0.25, 0.3) is 0 Å². The van der Waals surface area contributed by atoms with Crippen molar-refractivity contribution in [1.82, 2.24) is 0 Å². The number of carbonyl (C=O) groups is 1. The SMILES string of the molecule is CCCCC/C=C\C/C=C\CC/C=C\CCCC(=O)OC. The van der Waals surface area contributed by atoms with Gasteiger partial charge in [-0.2, -0.15) is 0 Å². The summed E-state index contributed by atoms with van der Waals surface area (Å²) >= 11 is 0. The van der Waals surface area contributed by atoms with E-state index < -0.39 is 0 Å². The third-order valence-electron chi connectivity index (χ3n) is 3.23. The molecule has 0 aliphatic carbocycles. The van der Waals surface area contributed by atoms with E-state index in [-0.39, 0.29) is 5.97 Å². The maximum Gasteiger partial charge on any atom is 0.305 e. The van der Waals surface area contributed by atoms with E-state index in [1.54, 1.807) is 0 Å². The summed E-state index contributed by atoms with van der Waals surface area (Å²) in [5, 5.41) is 0. The molecule has 2 heteroatoms. The molecule has 0 aliphatic heterocycles. The number of methoxy groups -OCH3 is 1. The summed E-state index contributed by atoms with van der Waals surface area (Å²) < 4.78 is 4.59. The minimum atomic E-state index is -0.117. The van der Waals surface area contributed by atoms with Gasteiger partial charge in [0, 0.05) is 6.42 Å². The van der Waals surface area contributed by atoms with Gasteiger partial charge < -0.3 is 4.74 Å². The van der Waals surface area contributed by atoms with Crippen molar-refractivity contribution < 1.29 is 9.53 Å². The van der Waals surface area contributed by atoms with E-state index in [0.29, 0.717) is 6.42 Å². The largest absolute Gasteiger partial charge is 0.469 e. The summed E-state index contributed by atoms with van der Waals surface area (Å²) in [6, 6.07) is 0. The monoisotopic (exact) mass is 292 g/mol. The van der Waals surface area contributed by atoms with Gasteiger partial charge in [-0.25, -0.2) is 0 Å². The van der Waals surface area contributed by atoms with Crippen LogP contribution >= 0.6 is 0 Å². The van der Waals surface area contributed by atoms with Crippen molar-refractivity contribution in [2.45, 2.75) is 71.1 Å². The van der Waals surface area contributed by atoms with Gasteiger partial charge in [0.2, 0.25) is 0 Å². The van der Waals surface area contributed by atoms with Crippen LogP contribution in [0.5, 0.6) is 0 Å². The molecule has 0 atom stereocenters. The first-order valence-corrected chi connectivity index (χ1v) is 8.33. The highest BCUT2D eigenvalue weighted by molar-refractivity contribution is 5.68. The molecule has 120 valence electrons. The van der Waals surface area contributed by atoms with Gasteiger partial charge in [-0.05, 0) is 44.9 Å². The lowest BCUT2D eigenvalue weighted by Gasteiger charge is -1.95. The molecule has 0 N–H and O–H groups in total. The molecule has 0 aliphatic rings. The molecule has 0 bridgehead atoms. The topological polar surface area (TPSA) is 26.3 Å². The molecule has 0 saturated carbocycles. The van der Waals surface area contributed by atoms with Gasteiger partial charge in [0.05, 0.1) is 7.11 Å². The molecular formula is C19H32O2. The molecular weight excluding hydrogens is 260 g/mol. The van der Waals surface area contributed by atoms with Gasteiger partial charge in [0.25, 0.3) is 0 Å². The van der Waals surface area contributed by atoms with Crippen LogP contribution < -0.4 is 0 Å². The minimum Gasteiger partial charge on any atom is -0.469 e. The number of carbonyl (C=O) groups excluding carboxylic acids is 1. The molecule has 0 rings (SSSR count). The highest BCUT2D eigenvalue weighted by Gasteiger charge is 1.96. The maximum absolute atomic E-state index is 10.9. The maximum atomic E-state index is 10.9. The standard InChI is InChI=1S/C19H32O2/c1-3-4-5-6-7-8-9-10-11-12-13-14-15-16-17-18-19(20)21-2/h7-8,10-11,14-15H,3-6,9,12-13,16-18H2,1-2H3/b8-7-,11-10-,15-14-. The first-order valence-electron chi connectivity index (χ1n) is 8.33. The number of hydrogen-bond donors (Lipinski definition) is 0. The van der Waals surface area contributed by atoms with E-state index in [0.717, 1.165) is 32.1 Å². The number of hydrogen-bond acceptors (Lipinski definition) is 2. The van der Waals surface area contributed by atoms with Gasteiger partial charge in [-0.1, -0.05) is 56.2 Å². The van der Waals surface area contributed by atoms with Crippen molar-refractivity contribution in [2.24, 2.45) is 0 Å². The van der Waals surface area contributed by atoms with E-state index in [2.05, 4.69) is 48.1 Å². The Hall–Kier alpha value is -1.31. The molecule has 0 unspecified atom stereocenters. The zero-order valence-electron chi connectivity index (χ0n) is 13.9. The van der Waals surface area contributed by atoms with Crippen LogP contribution in [0.2, 0.25) is 0 Å². The van der Waals surface area contributed by atoms with Crippen LogP contribution in [0, 0.1) is 0 Å². The molecule has 0 spiro atoms. The zero-order valence-corrected chi connectivity index (χ0v) is 13.9. The first-order chi connectivity index (χ1) is 10.3. The number of rotatable bonds is 13. The molecule has 21 heavy (non-hydrogen) atoms. The molecule has 0 aromatic carbocycles. The Morgan fingerprint density at radius 1 is 0.810 bits per heavy atom. The predicted octanol–water partition coefficient (Wildman–Crippen LogP) is 5.75. The first kappa shape index (κ1) is 19.7. The predicted molar refractivity (Wildman–Crippen MR) is 91.3 cm³/mol. The minimum absolute atomic E-state index is 0.117. The number of unbranched alkanes of at least 4 members (excludes halogenated alkanes) is 5. The summed E-state index contributed by atoms with van der Waals surface area (Å²) in [5.41, 5.74) is 0. The number of allylic oxidation sites excluding steroid dienone is 6. The van der Waals surface area contributed by atoms with Crippen LogP contribution in [0.4, 0.5) is 0 Å². The van der Waals surface area contributed by atoms with Gasteiger partial charge in [-0.3, -0.25) is 4.79 Å². The smallest absolute Gasteiger partial charge is 0.305 e. The highest BCUT2D eigenvalue weighted by Crippen LogP contribution is 2.02. The molecule has 0 aromatic heterocycles. The van der Waals surface area contributed by atoms with E-state index >= 15 is 0 Å². The van der Waals surface area contributed by atoms with E-state index in [1.807, 2.05) is 0 Å². The second-order valence-corrected chi connectivity index (χ2v) is 5.19. The summed E-state index contributed by atoms with van der Waals surface area (Å²) in [4.78, 5) is 10.9. The Labute approximate surface area is 131 Å². The lowest BCUT2D eigenvalue weighted by atomic mass is 10.2. The third kappa shape index (κ3) is 16.6. The second kappa shape index (κ2) is 16.7. The second-order valence-electron chi connectivity index (χ2n) is 5.19. The molecule has 0 amide bonds. The van der Waals surface area contributed by atoms with Crippen molar-refractivity contribution in [3.05, 3.63) is 36.5 Å². The molecule has 0 heterocycles. The van der Waals surface area contributed by atoms with E-state index in [9.17, 15) is 4.79 Å². The molecule has 0 saturated heterocycles. The van der Waals surface area contributed by atoms with Crippen molar-refractivity contribution in [3.63, 3.8) is 0 Å². The molecule has 0 radical (unpaired) electrons. The third-order valence-corrected chi connectivity index (χ3v) is 3.23. The fraction of sp³-hybridized carbons (Fsp3) is 0.632. The van der Waals surface area contributed by atoms with Crippen LogP contribution in [0.15, 0.2) is 36.5 Å². The molecule has 0 fully saturated rings. The summed E-state index contributed by atoms with van der Waals surface area (Å²) in [7, 11) is 1.44. The average molecular weight is 292 g/mol. The lowest BCUT2D eigenvalue weighted by Crippen LogP contribution is -1.98. The Balaban J connectivity index is 3.33.